The minimum Gasteiger partial charge on any atom is -0.496 e. The lowest BCUT2D eigenvalue weighted by atomic mass is 9.97. The Bertz CT molecular complexity index is 590. The molecular weight excluding hydrogens is 467 g/mol. The molecule has 1 aliphatic heterocycles. The lowest BCUT2D eigenvalue weighted by Crippen LogP contribution is -2.43. The Labute approximate surface area is 187 Å². The molecule has 0 spiro atoms. The van der Waals surface area contributed by atoms with Crippen LogP contribution in [0.1, 0.15) is 24.0 Å². The average molecular weight is 504 g/mol. The van der Waals surface area contributed by atoms with Gasteiger partial charge in [-0.05, 0) is 62.4 Å². The van der Waals surface area contributed by atoms with Gasteiger partial charge in [0.15, 0.2) is 5.96 Å². The molecule has 28 heavy (non-hydrogen) atoms. The lowest BCUT2D eigenvalue weighted by molar-refractivity contribution is 0.121. The number of ether oxygens (including phenoxy) is 2. The van der Waals surface area contributed by atoms with E-state index in [2.05, 4.69) is 45.6 Å². The number of guanidine groups is 1. The van der Waals surface area contributed by atoms with Gasteiger partial charge < -0.3 is 25.0 Å². The van der Waals surface area contributed by atoms with Crippen molar-refractivity contribution in [3.8, 4) is 5.75 Å². The molecule has 1 fully saturated rings. The van der Waals surface area contributed by atoms with E-state index >= 15 is 0 Å². The van der Waals surface area contributed by atoms with Gasteiger partial charge in [-0.3, -0.25) is 4.99 Å². The number of rotatable bonds is 9. The normalized spacial score (nSPS) is 15.8. The van der Waals surface area contributed by atoms with Crippen molar-refractivity contribution in [2.24, 2.45) is 10.9 Å². The van der Waals surface area contributed by atoms with Crippen LogP contribution in [0, 0.1) is 12.8 Å². The van der Waals surface area contributed by atoms with Crippen molar-refractivity contribution in [3.63, 3.8) is 0 Å². The number of nitrogens with one attached hydrogen (secondary N) is 2. The fourth-order valence-electron chi connectivity index (χ4n) is 3.44. The number of halogens is 1. The lowest BCUT2D eigenvalue weighted by Gasteiger charge is -2.32. The van der Waals surface area contributed by atoms with E-state index in [1.165, 1.54) is 24.0 Å². The Morgan fingerprint density at radius 3 is 2.61 bits per heavy atom. The van der Waals surface area contributed by atoms with Gasteiger partial charge in [0, 0.05) is 33.8 Å². The monoisotopic (exact) mass is 504 g/mol. The van der Waals surface area contributed by atoms with Crippen LogP contribution in [0.5, 0.6) is 5.75 Å². The van der Waals surface area contributed by atoms with Crippen molar-refractivity contribution >= 4 is 29.9 Å². The Morgan fingerprint density at radius 1 is 1.21 bits per heavy atom. The highest BCUT2D eigenvalue weighted by Crippen LogP contribution is 2.19. The molecule has 1 aromatic carbocycles. The molecule has 0 aliphatic carbocycles. The van der Waals surface area contributed by atoms with Crippen molar-refractivity contribution < 1.29 is 9.47 Å². The van der Waals surface area contributed by atoms with Gasteiger partial charge >= 0.3 is 0 Å². The van der Waals surface area contributed by atoms with Gasteiger partial charge in [0.05, 0.1) is 13.7 Å². The average Bonchev–Trinajstić information content (AvgIpc) is 2.70. The van der Waals surface area contributed by atoms with Crippen LogP contribution in [0.3, 0.4) is 0 Å². The fraction of sp³-hybridized carbons (Fsp3) is 0.667. The van der Waals surface area contributed by atoms with E-state index < -0.39 is 0 Å². The zero-order valence-electron chi connectivity index (χ0n) is 17.8. The number of aliphatic imine (C=N–C) groups is 1. The highest BCUT2D eigenvalue weighted by Gasteiger charge is 2.18. The summed E-state index contributed by atoms with van der Waals surface area (Å²) in [5.74, 6) is 2.55. The molecule has 1 saturated heterocycles. The molecule has 0 amide bonds. The summed E-state index contributed by atoms with van der Waals surface area (Å²) < 4.78 is 10.6. The summed E-state index contributed by atoms with van der Waals surface area (Å²) >= 11 is 0. The van der Waals surface area contributed by atoms with Crippen molar-refractivity contribution in [2.45, 2.75) is 26.2 Å². The topological polar surface area (TPSA) is 58.1 Å². The third-order valence-corrected chi connectivity index (χ3v) is 5.28. The largest absolute Gasteiger partial charge is 0.496 e. The first-order valence-corrected chi connectivity index (χ1v) is 9.95. The summed E-state index contributed by atoms with van der Waals surface area (Å²) in [6, 6.07) is 6.39. The van der Waals surface area contributed by atoms with Crippen LogP contribution >= 0.6 is 24.0 Å². The highest BCUT2D eigenvalue weighted by molar-refractivity contribution is 14.0. The summed E-state index contributed by atoms with van der Waals surface area (Å²) in [4.78, 5) is 6.84. The number of aryl methyl sites for hydroxylation is 1. The molecule has 0 bridgehead atoms. The molecule has 1 heterocycles. The number of nitrogens with zero attached hydrogens (tertiary/aromatic N) is 2. The van der Waals surface area contributed by atoms with E-state index in [0.717, 1.165) is 57.5 Å². The second-order valence-corrected chi connectivity index (χ2v) is 7.21. The van der Waals surface area contributed by atoms with E-state index in [9.17, 15) is 0 Å². The molecule has 2 N–H and O–H groups in total. The predicted octanol–water partition coefficient (Wildman–Crippen LogP) is 2.69. The Kier molecular flexibility index (Phi) is 12.5. The zero-order valence-corrected chi connectivity index (χ0v) is 20.1. The van der Waals surface area contributed by atoms with Crippen molar-refractivity contribution in [1.82, 2.24) is 15.5 Å². The molecule has 2 rings (SSSR count). The summed E-state index contributed by atoms with van der Waals surface area (Å²) in [6.45, 7) is 8.09. The molecule has 1 aliphatic rings. The van der Waals surface area contributed by atoms with Gasteiger partial charge in [0.2, 0.25) is 0 Å². The Morgan fingerprint density at radius 2 is 1.96 bits per heavy atom. The molecule has 0 atom stereocenters. The van der Waals surface area contributed by atoms with E-state index in [0.29, 0.717) is 5.92 Å². The number of likely N-dealkylation sites (tertiary alicyclic amines) is 1. The molecule has 0 unspecified atom stereocenters. The quantitative estimate of drug-likeness (QED) is 0.308. The maximum atomic E-state index is 5.40. The van der Waals surface area contributed by atoms with Gasteiger partial charge in [0.1, 0.15) is 5.75 Å². The Balaban J connectivity index is 0.00000392. The first kappa shape index (κ1) is 25.0. The van der Waals surface area contributed by atoms with Crippen LogP contribution < -0.4 is 15.4 Å². The number of hydrogen-bond acceptors (Lipinski definition) is 4. The first-order chi connectivity index (χ1) is 13.2. The maximum Gasteiger partial charge on any atom is 0.190 e. The fourth-order valence-corrected chi connectivity index (χ4v) is 3.44. The van der Waals surface area contributed by atoms with Gasteiger partial charge in [-0.1, -0.05) is 12.1 Å². The van der Waals surface area contributed by atoms with Crippen molar-refractivity contribution in [3.05, 3.63) is 29.3 Å². The van der Waals surface area contributed by atoms with Crippen LogP contribution in [-0.2, 0) is 11.2 Å². The summed E-state index contributed by atoms with van der Waals surface area (Å²) in [5, 5.41) is 6.90. The predicted molar refractivity (Wildman–Crippen MR) is 127 cm³/mol. The van der Waals surface area contributed by atoms with E-state index in [1.807, 2.05) is 7.05 Å². The standard InChI is InChI=1S/C21H36N4O2.HI/c1-17-5-6-18(15-20(17)27-4)7-10-23-21(22-2)24-16-19-8-11-25(12-9-19)13-14-26-3;/h5-6,15,19H,7-14,16H2,1-4H3,(H2,22,23,24);1H. The Hall–Kier alpha value is -1.06. The van der Waals surface area contributed by atoms with E-state index in [-0.39, 0.29) is 24.0 Å². The number of benzene rings is 1. The maximum absolute atomic E-state index is 5.40. The zero-order chi connectivity index (χ0) is 19.5. The molecule has 6 nitrogen and oxygen atoms in total. The highest BCUT2D eigenvalue weighted by atomic mass is 127. The molecule has 7 heteroatoms. The minimum absolute atomic E-state index is 0. The smallest absolute Gasteiger partial charge is 0.190 e. The molecule has 0 aromatic heterocycles. The summed E-state index contributed by atoms with van der Waals surface area (Å²) in [5.41, 5.74) is 2.43. The molecule has 1 aromatic rings. The van der Waals surface area contributed by atoms with Gasteiger partial charge in [-0.15, -0.1) is 24.0 Å². The third kappa shape index (κ3) is 8.53. The SMILES string of the molecule is CN=C(NCCc1ccc(C)c(OC)c1)NCC1CCN(CCOC)CC1.I. The second kappa shape index (κ2) is 14.0. The molecule has 0 radical (unpaired) electrons. The van der Waals surface area contributed by atoms with Gasteiger partial charge in [0.25, 0.3) is 0 Å². The first-order valence-electron chi connectivity index (χ1n) is 9.95. The van der Waals surface area contributed by atoms with Crippen LogP contribution in [0.2, 0.25) is 0 Å². The third-order valence-electron chi connectivity index (χ3n) is 5.28. The molecule has 0 saturated carbocycles. The number of methoxy groups -OCH3 is 2. The number of hydrogen-bond donors (Lipinski definition) is 2. The van der Waals surface area contributed by atoms with Gasteiger partial charge in [-0.25, -0.2) is 0 Å². The van der Waals surface area contributed by atoms with Crippen molar-refractivity contribution in [1.29, 1.82) is 0 Å². The van der Waals surface area contributed by atoms with Gasteiger partial charge in [-0.2, -0.15) is 0 Å². The molecule has 160 valence electrons. The van der Waals surface area contributed by atoms with E-state index in [4.69, 9.17) is 9.47 Å². The van der Waals surface area contributed by atoms with Crippen LogP contribution in [0.15, 0.2) is 23.2 Å². The van der Waals surface area contributed by atoms with Crippen LogP contribution in [0.4, 0.5) is 0 Å². The number of piperidine rings is 1. The van der Waals surface area contributed by atoms with E-state index in [1.54, 1.807) is 14.2 Å². The summed E-state index contributed by atoms with van der Waals surface area (Å²) in [7, 11) is 5.32. The van der Waals surface area contributed by atoms with Crippen molar-refractivity contribution in [2.75, 3.05) is 60.6 Å². The second-order valence-electron chi connectivity index (χ2n) is 7.21. The van der Waals surface area contributed by atoms with Crippen LogP contribution in [0.25, 0.3) is 0 Å². The summed E-state index contributed by atoms with van der Waals surface area (Å²) in [6.07, 6.45) is 3.41. The van der Waals surface area contributed by atoms with Crippen LogP contribution in [-0.4, -0.2) is 71.5 Å². The molecular formula is C21H37IN4O2. The minimum atomic E-state index is 0.